The predicted octanol–water partition coefficient (Wildman–Crippen LogP) is 2.24. The molecule has 1 aromatic rings. The van der Waals surface area contributed by atoms with Gasteiger partial charge in [-0.15, -0.1) is 0 Å². The van der Waals surface area contributed by atoms with E-state index >= 15 is 0 Å². The minimum Gasteiger partial charge on any atom is -0.495 e. The van der Waals surface area contributed by atoms with Crippen LogP contribution in [0.4, 0.5) is 5.69 Å². The Kier molecular flexibility index (Phi) is 4.43. The summed E-state index contributed by atoms with van der Waals surface area (Å²) in [5, 5.41) is 3.44. The number of aryl methyl sites for hydroxylation is 1. The molecule has 0 unspecified atom stereocenters. The quantitative estimate of drug-likeness (QED) is 0.824. The number of nitrogens with one attached hydrogen (secondary N) is 1. The van der Waals surface area contributed by atoms with Crippen LogP contribution >= 0.6 is 11.6 Å². The Hall–Kier alpha value is -1.42. The van der Waals surface area contributed by atoms with Crippen molar-refractivity contribution < 1.29 is 14.3 Å². The van der Waals surface area contributed by atoms with Crippen molar-refractivity contribution >= 4 is 23.3 Å². The lowest BCUT2D eigenvalue weighted by atomic mass is 10.2. The lowest BCUT2D eigenvalue weighted by Gasteiger charge is -2.11. The Bertz CT molecular complexity index is 393. The van der Waals surface area contributed by atoms with Crippen molar-refractivity contribution in [2.75, 3.05) is 26.1 Å². The van der Waals surface area contributed by atoms with Gasteiger partial charge in [-0.25, -0.2) is 0 Å². The maximum atomic E-state index is 11.0. The first-order chi connectivity index (χ1) is 7.58. The van der Waals surface area contributed by atoms with Gasteiger partial charge in [0.25, 0.3) is 0 Å². The van der Waals surface area contributed by atoms with Crippen LogP contribution in [-0.2, 0) is 9.53 Å². The second-order valence-electron chi connectivity index (χ2n) is 3.23. The Balaban J connectivity index is 2.81. The normalized spacial score (nSPS) is 9.75. The number of benzene rings is 1. The molecule has 0 spiro atoms. The van der Waals surface area contributed by atoms with E-state index in [4.69, 9.17) is 16.3 Å². The first-order valence-electron chi connectivity index (χ1n) is 4.73. The molecule has 16 heavy (non-hydrogen) atoms. The van der Waals surface area contributed by atoms with Crippen molar-refractivity contribution in [1.82, 2.24) is 0 Å². The second kappa shape index (κ2) is 5.61. The van der Waals surface area contributed by atoms with Crippen LogP contribution < -0.4 is 10.1 Å². The van der Waals surface area contributed by atoms with Gasteiger partial charge in [-0.1, -0.05) is 11.6 Å². The van der Waals surface area contributed by atoms with E-state index in [-0.39, 0.29) is 12.5 Å². The number of esters is 1. The number of anilines is 1. The topological polar surface area (TPSA) is 47.6 Å². The number of carbonyl (C=O) groups is 1. The molecule has 0 atom stereocenters. The maximum absolute atomic E-state index is 11.0. The molecule has 0 fully saturated rings. The number of carbonyl (C=O) groups excluding carboxylic acids is 1. The second-order valence-corrected chi connectivity index (χ2v) is 3.64. The molecule has 0 heterocycles. The molecule has 0 aromatic heterocycles. The van der Waals surface area contributed by atoms with Gasteiger partial charge in [0.05, 0.1) is 19.2 Å². The lowest BCUT2D eigenvalue weighted by molar-refractivity contribution is -0.138. The lowest BCUT2D eigenvalue weighted by Crippen LogP contribution is -2.15. The summed E-state index contributed by atoms with van der Waals surface area (Å²) in [6.45, 7) is 2.01. The summed E-state index contributed by atoms with van der Waals surface area (Å²) in [6, 6.07) is 3.53. The van der Waals surface area contributed by atoms with Gasteiger partial charge in [0.2, 0.25) is 0 Å². The van der Waals surface area contributed by atoms with Gasteiger partial charge in [0, 0.05) is 5.69 Å². The van der Waals surface area contributed by atoms with Gasteiger partial charge in [-0.2, -0.15) is 0 Å². The fourth-order valence-corrected chi connectivity index (χ4v) is 1.48. The van der Waals surface area contributed by atoms with E-state index in [0.29, 0.717) is 10.8 Å². The van der Waals surface area contributed by atoms with Crippen LogP contribution in [0.2, 0.25) is 5.02 Å². The smallest absolute Gasteiger partial charge is 0.325 e. The molecule has 4 nitrogen and oxygen atoms in total. The monoisotopic (exact) mass is 243 g/mol. The molecular weight excluding hydrogens is 230 g/mol. The van der Waals surface area contributed by atoms with E-state index < -0.39 is 0 Å². The maximum Gasteiger partial charge on any atom is 0.325 e. The fourth-order valence-electron chi connectivity index (χ4n) is 1.24. The SMILES string of the molecule is COC(=O)CNc1cc(Cl)c(OC)cc1C. The summed E-state index contributed by atoms with van der Waals surface area (Å²) in [5.74, 6) is 0.286. The molecular formula is C11H14ClNO3. The number of halogens is 1. The molecule has 0 radical (unpaired) electrons. The van der Waals surface area contributed by atoms with E-state index in [2.05, 4.69) is 10.1 Å². The molecule has 1 N–H and O–H groups in total. The zero-order chi connectivity index (χ0) is 12.1. The van der Waals surface area contributed by atoms with Crippen molar-refractivity contribution in [3.05, 3.63) is 22.7 Å². The van der Waals surface area contributed by atoms with E-state index in [1.165, 1.54) is 7.11 Å². The van der Waals surface area contributed by atoms with Gasteiger partial charge in [-0.3, -0.25) is 4.79 Å². The highest BCUT2D eigenvalue weighted by Crippen LogP contribution is 2.30. The minimum atomic E-state index is -0.327. The van der Waals surface area contributed by atoms with Gasteiger partial charge >= 0.3 is 5.97 Å². The molecule has 0 aliphatic rings. The summed E-state index contributed by atoms with van der Waals surface area (Å²) in [6.07, 6.45) is 0. The van der Waals surface area contributed by atoms with E-state index in [9.17, 15) is 4.79 Å². The molecule has 5 heteroatoms. The summed E-state index contributed by atoms with van der Waals surface area (Å²) < 4.78 is 9.60. The van der Waals surface area contributed by atoms with Crippen LogP contribution in [0.15, 0.2) is 12.1 Å². The molecule has 88 valence electrons. The molecule has 0 saturated heterocycles. The largest absolute Gasteiger partial charge is 0.495 e. The highest BCUT2D eigenvalue weighted by molar-refractivity contribution is 6.32. The highest BCUT2D eigenvalue weighted by atomic mass is 35.5. The highest BCUT2D eigenvalue weighted by Gasteiger charge is 2.07. The molecule has 0 saturated carbocycles. The molecule has 0 bridgehead atoms. The van der Waals surface area contributed by atoms with Gasteiger partial charge in [-0.05, 0) is 24.6 Å². The summed E-state index contributed by atoms with van der Waals surface area (Å²) >= 11 is 5.97. The Morgan fingerprint density at radius 1 is 1.44 bits per heavy atom. The average Bonchev–Trinajstić information content (AvgIpc) is 2.29. The molecule has 0 aliphatic heterocycles. The molecule has 1 rings (SSSR count). The third-order valence-corrected chi connectivity index (χ3v) is 2.45. The summed E-state index contributed by atoms with van der Waals surface area (Å²) in [5.41, 5.74) is 1.74. The molecule has 0 amide bonds. The number of hydrogen-bond acceptors (Lipinski definition) is 4. The first-order valence-corrected chi connectivity index (χ1v) is 5.11. The third kappa shape index (κ3) is 3.03. The van der Waals surface area contributed by atoms with E-state index in [0.717, 1.165) is 11.3 Å². The predicted molar refractivity (Wildman–Crippen MR) is 63.2 cm³/mol. The van der Waals surface area contributed by atoms with Crippen molar-refractivity contribution in [3.8, 4) is 5.75 Å². The van der Waals surface area contributed by atoms with Crippen LogP contribution in [0, 0.1) is 6.92 Å². The molecule has 1 aromatic carbocycles. The van der Waals surface area contributed by atoms with Crippen molar-refractivity contribution in [1.29, 1.82) is 0 Å². The summed E-state index contributed by atoms with van der Waals surface area (Å²) in [7, 11) is 2.90. The Morgan fingerprint density at radius 3 is 2.69 bits per heavy atom. The minimum absolute atomic E-state index is 0.111. The number of hydrogen-bond donors (Lipinski definition) is 1. The average molecular weight is 244 g/mol. The van der Waals surface area contributed by atoms with Crippen LogP contribution in [0.25, 0.3) is 0 Å². The fraction of sp³-hybridized carbons (Fsp3) is 0.364. The van der Waals surface area contributed by atoms with Gasteiger partial charge in [0.1, 0.15) is 12.3 Å². The Morgan fingerprint density at radius 2 is 2.12 bits per heavy atom. The standard InChI is InChI=1S/C11H14ClNO3/c1-7-4-10(15-2)8(12)5-9(7)13-6-11(14)16-3/h4-5,13H,6H2,1-3H3. The van der Waals surface area contributed by atoms with Crippen molar-refractivity contribution in [2.24, 2.45) is 0 Å². The Labute approximate surface area is 99.5 Å². The number of rotatable bonds is 4. The third-order valence-electron chi connectivity index (χ3n) is 2.15. The van der Waals surface area contributed by atoms with Crippen molar-refractivity contribution in [2.45, 2.75) is 6.92 Å². The van der Waals surface area contributed by atoms with E-state index in [1.54, 1.807) is 13.2 Å². The van der Waals surface area contributed by atoms with Crippen LogP contribution in [0.1, 0.15) is 5.56 Å². The van der Waals surface area contributed by atoms with Gasteiger partial charge < -0.3 is 14.8 Å². The zero-order valence-corrected chi connectivity index (χ0v) is 10.2. The summed E-state index contributed by atoms with van der Waals surface area (Å²) in [4.78, 5) is 11.0. The van der Waals surface area contributed by atoms with E-state index in [1.807, 2.05) is 13.0 Å². The van der Waals surface area contributed by atoms with Crippen LogP contribution in [-0.4, -0.2) is 26.7 Å². The van der Waals surface area contributed by atoms with Crippen LogP contribution in [0.3, 0.4) is 0 Å². The number of ether oxygens (including phenoxy) is 2. The van der Waals surface area contributed by atoms with Gasteiger partial charge in [0.15, 0.2) is 0 Å². The first kappa shape index (κ1) is 12.6. The van der Waals surface area contributed by atoms with Crippen LogP contribution in [0.5, 0.6) is 5.75 Å². The van der Waals surface area contributed by atoms with Crippen molar-refractivity contribution in [3.63, 3.8) is 0 Å². The number of methoxy groups -OCH3 is 2. The molecule has 0 aliphatic carbocycles. The zero-order valence-electron chi connectivity index (χ0n) is 9.46.